The van der Waals surface area contributed by atoms with Crippen molar-refractivity contribution in [3.8, 4) is 0 Å². The molecule has 5 nitrogen and oxygen atoms in total. The summed E-state index contributed by atoms with van der Waals surface area (Å²) in [5.41, 5.74) is 3.30. The molecule has 1 aromatic carbocycles. The summed E-state index contributed by atoms with van der Waals surface area (Å²) in [6, 6.07) is 8.39. The third-order valence-corrected chi connectivity index (χ3v) is 4.81. The van der Waals surface area contributed by atoms with Crippen LogP contribution in [0, 0.1) is 6.92 Å². The van der Waals surface area contributed by atoms with Crippen LogP contribution in [0.2, 0.25) is 0 Å². The molecule has 21 heavy (non-hydrogen) atoms. The monoisotopic (exact) mass is 302 g/mol. The van der Waals surface area contributed by atoms with E-state index in [0.29, 0.717) is 18.8 Å². The lowest BCUT2D eigenvalue weighted by Crippen LogP contribution is -2.27. The molecule has 2 heterocycles. The van der Waals surface area contributed by atoms with Crippen LogP contribution in [0.1, 0.15) is 29.1 Å². The smallest absolute Gasteiger partial charge is 0.233 e. The molecular formula is C15H18N4OS. The summed E-state index contributed by atoms with van der Waals surface area (Å²) in [5, 5.41) is 8.44. The summed E-state index contributed by atoms with van der Waals surface area (Å²) in [5.74, 6) is 0.712. The number of carbonyl (C=O) groups excluding carboxylic acids is 1. The zero-order chi connectivity index (χ0) is 14.8. The number of amides is 1. The summed E-state index contributed by atoms with van der Waals surface area (Å²) in [6.07, 6.45) is 1.94. The molecule has 1 aromatic heterocycles. The predicted molar refractivity (Wildman–Crippen MR) is 82.9 cm³/mol. The number of hydrogen-bond acceptors (Lipinski definition) is 4. The number of thioether (sulfide) groups is 1. The summed E-state index contributed by atoms with van der Waals surface area (Å²) >= 11 is 1.62. The largest absolute Gasteiger partial charge is 0.324 e. The van der Waals surface area contributed by atoms with E-state index >= 15 is 0 Å². The van der Waals surface area contributed by atoms with Crippen LogP contribution < -0.4 is 0 Å². The third-order valence-electron chi connectivity index (χ3n) is 3.58. The van der Waals surface area contributed by atoms with Crippen LogP contribution in [-0.4, -0.2) is 38.1 Å². The number of carbonyl (C=O) groups is 1. The van der Waals surface area contributed by atoms with E-state index < -0.39 is 0 Å². The molecule has 1 amide bonds. The van der Waals surface area contributed by atoms with E-state index in [-0.39, 0.29) is 11.3 Å². The molecule has 0 bridgehead atoms. The van der Waals surface area contributed by atoms with E-state index in [0.717, 1.165) is 5.69 Å². The summed E-state index contributed by atoms with van der Waals surface area (Å²) in [7, 11) is 0. The molecule has 0 unspecified atom stereocenters. The van der Waals surface area contributed by atoms with Gasteiger partial charge in [-0.2, -0.15) is 0 Å². The predicted octanol–water partition coefficient (Wildman–Crippen LogP) is 2.23. The van der Waals surface area contributed by atoms with Crippen molar-refractivity contribution in [2.45, 2.75) is 25.8 Å². The van der Waals surface area contributed by atoms with Gasteiger partial charge in [-0.3, -0.25) is 4.79 Å². The van der Waals surface area contributed by atoms with Crippen molar-refractivity contribution in [1.82, 2.24) is 19.9 Å². The second kappa shape index (κ2) is 5.89. The van der Waals surface area contributed by atoms with E-state index in [1.54, 1.807) is 11.8 Å². The highest BCUT2D eigenvalue weighted by molar-refractivity contribution is 8.00. The minimum absolute atomic E-state index is 0.00858. The number of nitrogens with zero attached hydrogens (tertiary/aromatic N) is 4. The Balaban J connectivity index is 1.74. The fourth-order valence-electron chi connectivity index (χ4n) is 2.43. The third kappa shape index (κ3) is 2.95. The molecule has 0 spiro atoms. The van der Waals surface area contributed by atoms with Gasteiger partial charge in [0.25, 0.3) is 0 Å². The summed E-state index contributed by atoms with van der Waals surface area (Å²) < 4.78 is 1.83. The maximum absolute atomic E-state index is 11.8. The summed E-state index contributed by atoms with van der Waals surface area (Å²) in [4.78, 5) is 13.6. The lowest BCUT2D eigenvalue weighted by atomic mass is 10.1. The Hall–Kier alpha value is -1.82. The number of hydrogen-bond donors (Lipinski definition) is 0. The van der Waals surface area contributed by atoms with E-state index in [1.165, 1.54) is 11.1 Å². The molecule has 1 saturated heterocycles. The Morgan fingerprint density at radius 3 is 2.81 bits per heavy atom. The van der Waals surface area contributed by atoms with Crippen LogP contribution in [0.25, 0.3) is 0 Å². The van der Waals surface area contributed by atoms with Gasteiger partial charge in [-0.1, -0.05) is 35.0 Å². The Morgan fingerprint density at radius 1 is 1.33 bits per heavy atom. The highest BCUT2D eigenvalue weighted by Crippen LogP contribution is 2.36. The van der Waals surface area contributed by atoms with Crippen molar-refractivity contribution in [2.75, 3.05) is 12.3 Å². The zero-order valence-electron chi connectivity index (χ0n) is 12.2. The average Bonchev–Trinajstić information content (AvgIpc) is 3.07. The molecule has 0 N–H and O–H groups in total. The first-order valence-electron chi connectivity index (χ1n) is 7.04. The van der Waals surface area contributed by atoms with Crippen LogP contribution in [0.5, 0.6) is 0 Å². The lowest BCUT2D eigenvalue weighted by Gasteiger charge is -2.19. The maximum Gasteiger partial charge on any atom is 0.233 e. The first kappa shape index (κ1) is 14.1. The maximum atomic E-state index is 11.8. The van der Waals surface area contributed by atoms with Crippen molar-refractivity contribution in [1.29, 1.82) is 0 Å². The standard InChI is InChI=1S/C15H18N4OS/c1-3-19-14(20)10-21-15(19)13-9-18(17-16-13)8-12-6-4-11(2)5-7-12/h4-7,9,15H,3,8,10H2,1-2H3/t15-/m0/s1. The number of aromatic nitrogens is 3. The van der Waals surface area contributed by atoms with Gasteiger partial charge in [0.2, 0.25) is 5.91 Å². The lowest BCUT2D eigenvalue weighted by molar-refractivity contribution is -0.127. The Bertz CT molecular complexity index is 637. The Labute approximate surface area is 128 Å². The zero-order valence-corrected chi connectivity index (χ0v) is 13.0. The summed E-state index contributed by atoms with van der Waals surface area (Å²) in [6.45, 7) is 5.48. The van der Waals surface area contributed by atoms with Crippen molar-refractivity contribution in [3.05, 3.63) is 47.3 Å². The first-order chi connectivity index (χ1) is 10.2. The number of aryl methyl sites for hydroxylation is 1. The van der Waals surface area contributed by atoms with Crippen LogP contribution in [0.15, 0.2) is 30.5 Å². The van der Waals surface area contributed by atoms with Gasteiger partial charge in [-0.05, 0) is 19.4 Å². The first-order valence-corrected chi connectivity index (χ1v) is 8.09. The van der Waals surface area contributed by atoms with Gasteiger partial charge in [0, 0.05) is 6.54 Å². The van der Waals surface area contributed by atoms with Crippen LogP contribution in [0.4, 0.5) is 0 Å². The van der Waals surface area contributed by atoms with Gasteiger partial charge >= 0.3 is 0 Å². The molecule has 0 radical (unpaired) electrons. The second-order valence-electron chi connectivity index (χ2n) is 5.17. The number of benzene rings is 1. The van der Waals surface area contributed by atoms with Crippen LogP contribution in [0.3, 0.4) is 0 Å². The highest BCUT2D eigenvalue weighted by atomic mass is 32.2. The van der Waals surface area contributed by atoms with Crippen molar-refractivity contribution in [2.24, 2.45) is 0 Å². The van der Waals surface area contributed by atoms with E-state index in [2.05, 4.69) is 41.5 Å². The van der Waals surface area contributed by atoms with Crippen molar-refractivity contribution in [3.63, 3.8) is 0 Å². The van der Waals surface area contributed by atoms with Crippen molar-refractivity contribution >= 4 is 17.7 Å². The Kier molecular flexibility index (Phi) is 3.96. The molecule has 1 fully saturated rings. The molecule has 0 aliphatic carbocycles. The van der Waals surface area contributed by atoms with Gasteiger partial charge in [0.05, 0.1) is 18.5 Å². The fourth-order valence-corrected chi connectivity index (χ4v) is 3.62. The molecule has 110 valence electrons. The van der Waals surface area contributed by atoms with Gasteiger partial charge in [-0.15, -0.1) is 16.9 Å². The van der Waals surface area contributed by atoms with Gasteiger partial charge in [0.15, 0.2) is 0 Å². The molecule has 1 aliphatic heterocycles. The average molecular weight is 302 g/mol. The minimum atomic E-state index is 0.00858. The van der Waals surface area contributed by atoms with E-state index in [4.69, 9.17) is 0 Å². The SMILES string of the molecule is CCN1C(=O)CS[C@H]1c1cn(Cc2ccc(C)cc2)nn1. The molecule has 3 rings (SSSR count). The fraction of sp³-hybridized carbons (Fsp3) is 0.400. The van der Waals surface area contributed by atoms with Gasteiger partial charge in [0.1, 0.15) is 11.1 Å². The molecule has 2 aromatic rings. The highest BCUT2D eigenvalue weighted by Gasteiger charge is 2.33. The minimum Gasteiger partial charge on any atom is -0.324 e. The van der Waals surface area contributed by atoms with Gasteiger partial charge in [-0.25, -0.2) is 4.68 Å². The topological polar surface area (TPSA) is 51.0 Å². The van der Waals surface area contributed by atoms with E-state index in [9.17, 15) is 4.79 Å². The Morgan fingerprint density at radius 2 is 2.10 bits per heavy atom. The molecule has 1 aliphatic rings. The quantitative estimate of drug-likeness (QED) is 0.869. The van der Waals surface area contributed by atoms with Crippen LogP contribution in [-0.2, 0) is 11.3 Å². The second-order valence-corrected chi connectivity index (χ2v) is 6.24. The van der Waals surface area contributed by atoms with E-state index in [1.807, 2.05) is 22.7 Å². The van der Waals surface area contributed by atoms with Gasteiger partial charge < -0.3 is 4.90 Å². The number of rotatable bonds is 4. The molecule has 6 heteroatoms. The molecular weight excluding hydrogens is 284 g/mol. The van der Waals surface area contributed by atoms with Crippen molar-refractivity contribution < 1.29 is 4.79 Å². The van der Waals surface area contributed by atoms with Crippen LogP contribution >= 0.6 is 11.8 Å². The molecule has 1 atom stereocenters. The molecule has 0 saturated carbocycles. The normalized spacial score (nSPS) is 18.5.